The number of aromatic nitrogens is 1. The Morgan fingerprint density at radius 3 is 2.81 bits per heavy atom. The molecule has 0 amide bonds. The molecule has 2 aliphatic rings. The van der Waals surface area contributed by atoms with Gasteiger partial charge < -0.3 is 29.3 Å². The fourth-order valence-corrected chi connectivity index (χ4v) is 5.42. The molecule has 5 rings (SSSR count). The molecule has 0 atom stereocenters. The van der Waals surface area contributed by atoms with Gasteiger partial charge in [0.15, 0.2) is 0 Å². The second kappa shape index (κ2) is 8.06. The van der Waals surface area contributed by atoms with Crippen molar-refractivity contribution in [1.82, 2.24) is 4.98 Å². The fraction of sp³-hybridized carbons (Fsp3) is 0.478. The van der Waals surface area contributed by atoms with Crippen LogP contribution in [0.25, 0.3) is 20.9 Å². The maximum Gasteiger partial charge on any atom is 0.374 e. The predicted molar refractivity (Wildman–Crippen MR) is 123 cm³/mol. The van der Waals surface area contributed by atoms with Gasteiger partial charge in [-0.15, -0.1) is 11.3 Å². The first kappa shape index (κ1) is 21.2. The van der Waals surface area contributed by atoms with Crippen molar-refractivity contribution in [2.45, 2.75) is 39.4 Å². The summed E-state index contributed by atoms with van der Waals surface area (Å²) < 4.78 is 22.5. The van der Waals surface area contributed by atoms with E-state index in [1.807, 2.05) is 0 Å². The minimum absolute atomic E-state index is 0.164. The number of esters is 1. The minimum atomic E-state index is -0.484. The van der Waals surface area contributed by atoms with Crippen LogP contribution in [0.5, 0.6) is 0 Å². The fourth-order valence-electron chi connectivity index (χ4n) is 4.33. The molecule has 1 fully saturated rings. The monoisotopic (exact) mass is 457 g/mol. The van der Waals surface area contributed by atoms with Crippen LogP contribution in [-0.2, 0) is 27.2 Å². The molecular weight excluding hydrogens is 430 g/mol. The Bertz CT molecular complexity index is 1180. The SMILES string of the molecule is CCOC(=O)c1ccc(-c2sc3nc(N4CCOCC4)c4c(c3c2N)CC(C)(C)OC4)o1. The number of fused-ring (bicyclic) bond motifs is 3. The smallest absolute Gasteiger partial charge is 0.374 e. The van der Waals surface area contributed by atoms with E-state index in [9.17, 15) is 4.79 Å². The van der Waals surface area contributed by atoms with Crippen molar-refractivity contribution in [2.75, 3.05) is 43.5 Å². The Labute approximate surface area is 190 Å². The molecule has 0 saturated carbocycles. The van der Waals surface area contributed by atoms with E-state index in [0.29, 0.717) is 31.3 Å². The number of rotatable bonds is 4. The lowest BCUT2D eigenvalue weighted by molar-refractivity contribution is -0.0396. The van der Waals surface area contributed by atoms with E-state index >= 15 is 0 Å². The summed E-state index contributed by atoms with van der Waals surface area (Å²) in [5.74, 6) is 1.17. The molecule has 8 nitrogen and oxygen atoms in total. The molecule has 9 heteroatoms. The van der Waals surface area contributed by atoms with Gasteiger partial charge in [-0.2, -0.15) is 0 Å². The minimum Gasteiger partial charge on any atom is -0.460 e. The number of nitrogens with zero attached hydrogens (tertiary/aromatic N) is 2. The van der Waals surface area contributed by atoms with E-state index < -0.39 is 5.97 Å². The number of thiophene rings is 1. The highest BCUT2D eigenvalue weighted by Gasteiger charge is 2.33. The standard InChI is InChI=1S/C23H27N3O5S/c1-4-29-22(27)16-6-5-15(31-16)19-18(24)17-13-11-23(2,3)30-12-14(13)20(25-21(17)32-19)26-7-9-28-10-8-26/h5-6H,4,7-12,24H2,1-3H3. The van der Waals surface area contributed by atoms with Gasteiger partial charge in [0.05, 0.1) is 42.6 Å². The predicted octanol–water partition coefficient (Wildman–Crippen LogP) is 4.00. The summed E-state index contributed by atoms with van der Waals surface area (Å²) >= 11 is 1.49. The van der Waals surface area contributed by atoms with E-state index in [4.69, 9.17) is 29.3 Å². The molecule has 0 spiro atoms. The number of pyridine rings is 1. The van der Waals surface area contributed by atoms with Crippen LogP contribution in [0, 0.1) is 0 Å². The number of ether oxygens (including phenoxy) is 3. The van der Waals surface area contributed by atoms with Gasteiger partial charge in [-0.05, 0) is 38.5 Å². The van der Waals surface area contributed by atoms with Crippen molar-refractivity contribution >= 4 is 39.0 Å². The third-order valence-corrected chi connectivity index (χ3v) is 7.01. The zero-order chi connectivity index (χ0) is 22.5. The Morgan fingerprint density at radius 2 is 2.06 bits per heavy atom. The van der Waals surface area contributed by atoms with Crippen LogP contribution in [0.3, 0.4) is 0 Å². The summed E-state index contributed by atoms with van der Waals surface area (Å²) in [6.45, 7) is 9.69. The van der Waals surface area contributed by atoms with E-state index in [1.54, 1.807) is 19.1 Å². The Balaban J connectivity index is 1.65. The van der Waals surface area contributed by atoms with Crippen molar-refractivity contribution in [3.63, 3.8) is 0 Å². The molecule has 2 N–H and O–H groups in total. The number of anilines is 2. The third-order valence-electron chi connectivity index (χ3n) is 5.90. The third kappa shape index (κ3) is 3.64. The van der Waals surface area contributed by atoms with Crippen molar-refractivity contribution in [3.8, 4) is 10.6 Å². The number of morpholine rings is 1. The number of furan rings is 1. The van der Waals surface area contributed by atoms with Crippen molar-refractivity contribution < 1.29 is 23.4 Å². The molecule has 3 aromatic heterocycles. The lowest BCUT2D eigenvalue weighted by Gasteiger charge is -2.36. The van der Waals surface area contributed by atoms with Crippen molar-refractivity contribution in [3.05, 3.63) is 29.0 Å². The normalized spacial score (nSPS) is 18.0. The largest absolute Gasteiger partial charge is 0.460 e. The molecular formula is C23H27N3O5S. The summed E-state index contributed by atoms with van der Waals surface area (Å²) in [5.41, 5.74) is 9.30. The molecule has 1 saturated heterocycles. The van der Waals surface area contributed by atoms with Gasteiger partial charge in [-0.3, -0.25) is 0 Å². The summed E-state index contributed by atoms with van der Waals surface area (Å²) in [5, 5.41) is 0.961. The molecule has 0 aliphatic carbocycles. The molecule has 2 aliphatic heterocycles. The van der Waals surface area contributed by atoms with Crippen LogP contribution in [-0.4, -0.2) is 49.5 Å². The molecule has 0 aromatic carbocycles. The summed E-state index contributed by atoms with van der Waals surface area (Å²) in [7, 11) is 0. The van der Waals surface area contributed by atoms with Gasteiger partial charge in [0.2, 0.25) is 5.76 Å². The second-order valence-electron chi connectivity index (χ2n) is 8.63. The maximum atomic E-state index is 12.0. The van der Waals surface area contributed by atoms with Gasteiger partial charge >= 0.3 is 5.97 Å². The highest BCUT2D eigenvalue weighted by molar-refractivity contribution is 7.22. The zero-order valence-electron chi connectivity index (χ0n) is 18.5. The highest BCUT2D eigenvalue weighted by atomic mass is 32.1. The first-order valence-electron chi connectivity index (χ1n) is 10.9. The van der Waals surface area contributed by atoms with Crippen LogP contribution in [0.4, 0.5) is 11.5 Å². The molecule has 5 heterocycles. The second-order valence-corrected chi connectivity index (χ2v) is 9.63. The van der Waals surface area contributed by atoms with Crippen LogP contribution >= 0.6 is 11.3 Å². The van der Waals surface area contributed by atoms with Gasteiger partial charge in [-0.1, -0.05) is 0 Å². The van der Waals surface area contributed by atoms with E-state index in [1.165, 1.54) is 16.9 Å². The van der Waals surface area contributed by atoms with Crippen LogP contribution in [0.1, 0.15) is 42.5 Å². The molecule has 32 heavy (non-hydrogen) atoms. The van der Waals surface area contributed by atoms with Gasteiger partial charge in [-0.25, -0.2) is 9.78 Å². The molecule has 0 bridgehead atoms. The number of nitrogen functional groups attached to an aromatic ring is 1. The summed E-state index contributed by atoms with van der Waals surface area (Å²) in [6, 6.07) is 3.38. The van der Waals surface area contributed by atoms with Crippen molar-refractivity contribution in [1.29, 1.82) is 0 Å². The number of hydrogen-bond donors (Lipinski definition) is 1. The van der Waals surface area contributed by atoms with E-state index in [2.05, 4.69) is 18.7 Å². The number of carbonyl (C=O) groups excluding carboxylic acids is 1. The number of hydrogen-bond acceptors (Lipinski definition) is 9. The van der Waals surface area contributed by atoms with Gasteiger partial charge in [0.25, 0.3) is 0 Å². The lowest BCUT2D eigenvalue weighted by Crippen LogP contribution is -2.39. The average molecular weight is 458 g/mol. The van der Waals surface area contributed by atoms with Gasteiger partial charge in [0, 0.05) is 30.5 Å². The maximum absolute atomic E-state index is 12.0. The first-order valence-corrected chi connectivity index (χ1v) is 11.7. The summed E-state index contributed by atoms with van der Waals surface area (Å²) in [4.78, 5) is 21.0. The lowest BCUT2D eigenvalue weighted by atomic mass is 9.89. The molecule has 3 aromatic rings. The highest BCUT2D eigenvalue weighted by Crippen LogP contribution is 2.47. The average Bonchev–Trinajstić information content (AvgIpc) is 3.38. The summed E-state index contributed by atoms with van der Waals surface area (Å²) in [6.07, 6.45) is 0.741. The van der Waals surface area contributed by atoms with Crippen LogP contribution < -0.4 is 10.6 Å². The Hall–Kier alpha value is -2.62. The van der Waals surface area contributed by atoms with Crippen LogP contribution in [0.15, 0.2) is 16.5 Å². The molecule has 0 radical (unpaired) electrons. The molecule has 170 valence electrons. The number of carbonyl (C=O) groups is 1. The Kier molecular flexibility index (Phi) is 5.35. The van der Waals surface area contributed by atoms with E-state index in [-0.39, 0.29) is 18.0 Å². The zero-order valence-corrected chi connectivity index (χ0v) is 19.3. The number of nitrogens with two attached hydrogens (primary N) is 1. The molecule has 0 unspecified atom stereocenters. The Morgan fingerprint density at radius 1 is 1.28 bits per heavy atom. The van der Waals surface area contributed by atoms with Gasteiger partial charge in [0.1, 0.15) is 16.4 Å². The quantitative estimate of drug-likeness (QED) is 0.587. The van der Waals surface area contributed by atoms with E-state index in [0.717, 1.165) is 46.0 Å². The van der Waals surface area contributed by atoms with Crippen LogP contribution in [0.2, 0.25) is 0 Å². The first-order chi connectivity index (χ1) is 15.4. The topological polar surface area (TPSA) is 100 Å². The van der Waals surface area contributed by atoms with Crippen molar-refractivity contribution in [2.24, 2.45) is 0 Å².